The van der Waals surface area contributed by atoms with E-state index in [-0.39, 0.29) is 17.5 Å². The molecule has 2 N–H and O–H groups in total. The van der Waals surface area contributed by atoms with E-state index >= 15 is 0 Å². The number of hydrogen-bond acceptors (Lipinski definition) is 3. The van der Waals surface area contributed by atoms with E-state index in [0.717, 1.165) is 19.3 Å². The maximum Gasteiger partial charge on any atom is 0.262 e. The van der Waals surface area contributed by atoms with Gasteiger partial charge in [0, 0.05) is 18.2 Å². The number of amides is 1. The van der Waals surface area contributed by atoms with Crippen LogP contribution in [0.3, 0.4) is 0 Å². The molecule has 1 aliphatic rings. The average molecular weight is 345 g/mol. The van der Waals surface area contributed by atoms with E-state index in [0.29, 0.717) is 33.7 Å². The van der Waals surface area contributed by atoms with Crippen molar-refractivity contribution in [2.24, 2.45) is 5.92 Å². The van der Waals surface area contributed by atoms with Gasteiger partial charge in [0.1, 0.15) is 0 Å². The van der Waals surface area contributed by atoms with Gasteiger partial charge < -0.3 is 10.3 Å². The molecule has 6 heteroatoms. The van der Waals surface area contributed by atoms with Crippen molar-refractivity contribution >= 4 is 29.0 Å². The van der Waals surface area contributed by atoms with Crippen LogP contribution in [0, 0.1) is 10.7 Å². The van der Waals surface area contributed by atoms with Gasteiger partial charge in [-0.25, -0.2) is 0 Å². The summed E-state index contributed by atoms with van der Waals surface area (Å²) in [7, 11) is 0. The van der Waals surface area contributed by atoms with Gasteiger partial charge in [-0.2, -0.15) is 0 Å². The second-order valence-corrected chi connectivity index (χ2v) is 6.97. The zero-order chi connectivity index (χ0) is 17.3. The molecule has 2 aromatic rings. The van der Waals surface area contributed by atoms with E-state index < -0.39 is 0 Å². The Bertz CT molecular complexity index is 884. The van der Waals surface area contributed by atoms with Crippen LogP contribution in [0.25, 0.3) is 10.9 Å². The highest BCUT2D eigenvalue weighted by atomic mass is 32.1. The summed E-state index contributed by atoms with van der Waals surface area (Å²) in [5.41, 5.74) is 1.04. The number of fused-ring (bicyclic) bond motifs is 1. The maximum absolute atomic E-state index is 12.6. The SMILES string of the molecule is CCn1c(=S)[nH]c2cc(C(=O)N[C@H]3CCCC[C@H]3C)ccc2c1=O. The number of nitrogens with one attached hydrogen (secondary N) is 2. The summed E-state index contributed by atoms with van der Waals surface area (Å²) >= 11 is 5.23. The molecule has 0 unspecified atom stereocenters. The normalized spacial score (nSPS) is 20.9. The number of nitrogens with zero attached hydrogens (tertiary/aromatic N) is 1. The van der Waals surface area contributed by atoms with Crippen LogP contribution in [0.15, 0.2) is 23.0 Å². The Morgan fingerprint density at radius 1 is 1.38 bits per heavy atom. The van der Waals surface area contributed by atoms with Crippen LogP contribution in [-0.2, 0) is 6.54 Å². The lowest BCUT2D eigenvalue weighted by Crippen LogP contribution is -2.41. The van der Waals surface area contributed by atoms with Crippen LogP contribution in [-0.4, -0.2) is 21.5 Å². The Kier molecular flexibility index (Phi) is 4.85. The molecule has 24 heavy (non-hydrogen) atoms. The van der Waals surface area contributed by atoms with Crippen molar-refractivity contribution in [1.82, 2.24) is 14.9 Å². The Morgan fingerprint density at radius 2 is 2.12 bits per heavy atom. The molecule has 1 heterocycles. The topological polar surface area (TPSA) is 66.9 Å². The number of hydrogen-bond donors (Lipinski definition) is 2. The van der Waals surface area contributed by atoms with E-state index in [1.54, 1.807) is 18.2 Å². The Hall–Kier alpha value is -1.95. The van der Waals surface area contributed by atoms with Crippen molar-refractivity contribution in [3.63, 3.8) is 0 Å². The fourth-order valence-corrected chi connectivity index (χ4v) is 3.79. The van der Waals surface area contributed by atoms with Crippen LogP contribution >= 0.6 is 12.2 Å². The number of carbonyl (C=O) groups excluding carboxylic acids is 1. The fraction of sp³-hybridized carbons (Fsp3) is 0.500. The van der Waals surface area contributed by atoms with Crippen molar-refractivity contribution < 1.29 is 4.79 Å². The molecule has 0 bridgehead atoms. The second kappa shape index (κ2) is 6.89. The minimum absolute atomic E-state index is 0.0883. The first kappa shape index (κ1) is 16.9. The summed E-state index contributed by atoms with van der Waals surface area (Å²) in [6, 6.07) is 5.36. The van der Waals surface area contributed by atoms with Gasteiger partial charge in [0.2, 0.25) is 0 Å². The number of H-pyrrole nitrogens is 1. The Balaban J connectivity index is 1.91. The van der Waals surface area contributed by atoms with Gasteiger partial charge in [-0.3, -0.25) is 14.2 Å². The standard InChI is InChI=1S/C18H23N3O2S/c1-3-21-17(23)13-9-8-12(10-15(13)20-18(21)24)16(22)19-14-7-5-4-6-11(14)2/h8-11,14H,3-7H2,1-2H3,(H,19,22)(H,20,24)/t11-,14+/m1/s1. The van der Waals surface area contributed by atoms with E-state index in [1.165, 1.54) is 11.0 Å². The summed E-state index contributed by atoms with van der Waals surface area (Å²) < 4.78 is 1.90. The summed E-state index contributed by atoms with van der Waals surface area (Å²) in [5, 5.41) is 3.69. The minimum Gasteiger partial charge on any atom is -0.349 e. The Morgan fingerprint density at radius 3 is 2.83 bits per heavy atom. The minimum atomic E-state index is -0.121. The quantitative estimate of drug-likeness (QED) is 0.838. The van der Waals surface area contributed by atoms with E-state index in [4.69, 9.17) is 12.2 Å². The summed E-state index contributed by atoms with van der Waals surface area (Å²) in [5.74, 6) is 0.417. The van der Waals surface area contributed by atoms with Crippen LogP contribution in [0.5, 0.6) is 0 Å². The van der Waals surface area contributed by atoms with Crippen molar-refractivity contribution in [2.75, 3.05) is 0 Å². The predicted molar refractivity (Wildman–Crippen MR) is 98.0 cm³/mol. The van der Waals surface area contributed by atoms with E-state index in [1.807, 2.05) is 6.92 Å². The predicted octanol–water partition coefficient (Wildman–Crippen LogP) is 3.39. The smallest absolute Gasteiger partial charge is 0.262 e. The summed E-state index contributed by atoms with van der Waals surface area (Å²) in [4.78, 5) is 28.0. The molecule has 2 atom stereocenters. The molecule has 1 aromatic carbocycles. The summed E-state index contributed by atoms with van der Waals surface area (Å²) in [6.07, 6.45) is 4.59. The Labute approximate surface area is 146 Å². The van der Waals surface area contributed by atoms with Crippen molar-refractivity contribution in [1.29, 1.82) is 0 Å². The largest absolute Gasteiger partial charge is 0.349 e. The number of rotatable bonds is 3. The zero-order valence-electron chi connectivity index (χ0n) is 14.1. The van der Waals surface area contributed by atoms with Crippen molar-refractivity contribution in [3.8, 4) is 0 Å². The number of benzene rings is 1. The molecule has 3 rings (SSSR count). The first-order valence-electron chi connectivity index (χ1n) is 8.59. The van der Waals surface area contributed by atoms with Gasteiger partial charge in [-0.1, -0.05) is 19.8 Å². The van der Waals surface area contributed by atoms with Gasteiger partial charge in [0.05, 0.1) is 10.9 Å². The van der Waals surface area contributed by atoms with Crippen LogP contribution < -0.4 is 10.9 Å². The number of aromatic amines is 1. The molecule has 1 saturated carbocycles. The molecule has 1 aromatic heterocycles. The van der Waals surface area contributed by atoms with Gasteiger partial charge in [-0.15, -0.1) is 0 Å². The molecular weight excluding hydrogens is 322 g/mol. The third-order valence-corrected chi connectivity index (χ3v) is 5.31. The molecule has 1 fully saturated rings. The molecule has 128 valence electrons. The van der Waals surface area contributed by atoms with E-state index in [9.17, 15) is 9.59 Å². The van der Waals surface area contributed by atoms with Crippen LogP contribution in [0.4, 0.5) is 0 Å². The van der Waals surface area contributed by atoms with Gasteiger partial charge in [0.25, 0.3) is 11.5 Å². The zero-order valence-corrected chi connectivity index (χ0v) is 14.9. The van der Waals surface area contributed by atoms with Crippen molar-refractivity contribution in [3.05, 3.63) is 38.9 Å². The molecule has 0 saturated heterocycles. The van der Waals surface area contributed by atoms with Gasteiger partial charge in [0.15, 0.2) is 4.77 Å². The molecule has 0 aliphatic heterocycles. The fourth-order valence-electron chi connectivity index (χ4n) is 3.47. The average Bonchev–Trinajstić information content (AvgIpc) is 2.56. The van der Waals surface area contributed by atoms with Crippen molar-refractivity contribution in [2.45, 2.75) is 52.1 Å². The van der Waals surface area contributed by atoms with Gasteiger partial charge in [-0.05, 0) is 56.1 Å². The monoisotopic (exact) mass is 345 g/mol. The first-order valence-corrected chi connectivity index (χ1v) is 9.00. The molecular formula is C18H23N3O2S. The summed E-state index contributed by atoms with van der Waals surface area (Å²) in [6.45, 7) is 4.59. The van der Waals surface area contributed by atoms with Gasteiger partial charge >= 0.3 is 0 Å². The molecule has 5 nitrogen and oxygen atoms in total. The molecule has 1 aliphatic carbocycles. The second-order valence-electron chi connectivity index (χ2n) is 6.58. The van der Waals surface area contributed by atoms with E-state index in [2.05, 4.69) is 17.2 Å². The number of aromatic nitrogens is 2. The highest BCUT2D eigenvalue weighted by molar-refractivity contribution is 7.71. The van der Waals surface area contributed by atoms with Crippen LogP contribution in [0.1, 0.15) is 49.9 Å². The third kappa shape index (κ3) is 3.15. The molecule has 0 spiro atoms. The van der Waals surface area contributed by atoms with Crippen LogP contribution in [0.2, 0.25) is 0 Å². The number of carbonyl (C=O) groups is 1. The molecule has 0 radical (unpaired) electrons. The lowest BCUT2D eigenvalue weighted by Gasteiger charge is -2.29. The molecule has 1 amide bonds. The maximum atomic E-state index is 12.6. The lowest BCUT2D eigenvalue weighted by molar-refractivity contribution is 0.0910. The third-order valence-electron chi connectivity index (χ3n) is 4.99. The lowest BCUT2D eigenvalue weighted by atomic mass is 9.86. The highest BCUT2D eigenvalue weighted by Crippen LogP contribution is 2.24. The first-order chi connectivity index (χ1) is 11.5. The highest BCUT2D eigenvalue weighted by Gasteiger charge is 2.23.